The van der Waals surface area contributed by atoms with E-state index in [4.69, 9.17) is 15.2 Å². The summed E-state index contributed by atoms with van der Waals surface area (Å²) in [7, 11) is 3.52. The molecular formula is C14H30N2O2. The van der Waals surface area contributed by atoms with E-state index in [1.54, 1.807) is 14.2 Å². The van der Waals surface area contributed by atoms with Crippen LogP contribution in [0.1, 0.15) is 32.1 Å². The lowest BCUT2D eigenvalue weighted by atomic mass is 9.73. The largest absolute Gasteiger partial charge is 0.383 e. The van der Waals surface area contributed by atoms with Crippen LogP contribution in [0.15, 0.2) is 0 Å². The zero-order chi connectivity index (χ0) is 13.3. The van der Waals surface area contributed by atoms with Crippen molar-refractivity contribution in [2.45, 2.75) is 32.1 Å². The quantitative estimate of drug-likeness (QED) is 0.681. The molecule has 1 fully saturated rings. The molecule has 0 spiro atoms. The van der Waals surface area contributed by atoms with Crippen LogP contribution in [0.25, 0.3) is 0 Å². The van der Waals surface area contributed by atoms with Gasteiger partial charge in [0.1, 0.15) is 0 Å². The van der Waals surface area contributed by atoms with Gasteiger partial charge >= 0.3 is 0 Å². The van der Waals surface area contributed by atoms with Crippen LogP contribution in [-0.4, -0.2) is 58.5 Å². The first kappa shape index (κ1) is 15.9. The van der Waals surface area contributed by atoms with Gasteiger partial charge in [-0.25, -0.2) is 0 Å². The van der Waals surface area contributed by atoms with Gasteiger partial charge in [-0.3, -0.25) is 4.90 Å². The van der Waals surface area contributed by atoms with Gasteiger partial charge in [0.05, 0.1) is 13.2 Å². The summed E-state index contributed by atoms with van der Waals surface area (Å²) in [6, 6.07) is 0. The number of rotatable bonds is 9. The van der Waals surface area contributed by atoms with E-state index in [9.17, 15) is 0 Å². The van der Waals surface area contributed by atoms with Crippen molar-refractivity contribution >= 4 is 0 Å². The van der Waals surface area contributed by atoms with E-state index in [1.165, 1.54) is 32.1 Å². The average molecular weight is 258 g/mol. The molecular weight excluding hydrogens is 228 g/mol. The van der Waals surface area contributed by atoms with Crippen LogP contribution < -0.4 is 5.73 Å². The molecule has 0 bridgehead atoms. The molecule has 0 saturated heterocycles. The van der Waals surface area contributed by atoms with Gasteiger partial charge < -0.3 is 15.2 Å². The van der Waals surface area contributed by atoms with E-state index in [-0.39, 0.29) is 0 Å². The summed E-state index contributed by atoms with van der Waals surface area (Å²) in [5.41, 5.74) is 6.39. The Morgan fingerprint density at radius 1 is 1.00 bits per heavy atom. The monoisotopic (exact) mass is 258 g/mol. The van der Waals surface area contributed by atoms with Crippen LogP contribution in [-0.2, 0) is 9.47 Å². The number of hydrogen-bond acceptors (Lipinski definition) is 4. The topological polar surface area (TPSA) is 47.7 Å². The molecule has 4 heteroatoms. The van der Waals surface area contributed by atoms with Crippen molar-refractivity contribution in [3.05, 3.63) is 0 Å². The summed E-state index contributed by atoms with van der Waals surface area (Å²) in [6.07, 6.45) is 6.59. The molecule has 2 N–H and O–H groups in total. The third kappa shape index (κ3) is 5.22. The van der Waals surface area contributed by atoms with Crippen molar-refractivity contribution in [1.82, 2.24) is 4.90 Å². The summed E-state index contributed by atoms with van der Waals surface area (Å²) in [6.45, 7) is 5.41. The Hall–Kier alpha value is -0.160. The van der Waals surface area contributed by atoms with E-state index < -0.39 is 0 Å². The van der Waals surface area contributed by atoms with Gasteiger partial charge in [-0.15, -0.1) is 0 Å². The van der Waals surface area contributed by atoms with E-state index in [0.29, 0.717) is 5.41 Å². The van der Waals surface area contributed by atoms with E-state index in [2.05, 4.69) is 4.90 Å². The molecule has 18 heavy (non-hydrogen) atoms. The Bertz CT molecular complexity index is 198. The van der Waals surface area contributed by atoms with Crippen LogP contribution in [0.2, 0.25) is 0 Å². The third-order valence-electron chi connectivity index (χ3n) is 4.13. The number of nitrogens with two attached hydrogens (primary N) is 1. The van der Waals surface area contributed by atoms with Crippen molar-refractivity contribution in [2.24, 2.45) is 11.1 Å². The van der Waals surface area contributed by atoms with Gasteiger partial charge in [-0.1, -0.05) is 19.3 Å². The Morgan fingerprint density at radius 2 is 1.56 bits per heavy atom. The van der Waals surface area contributed by atoms with Crippen LogP contribution in [0.4, 0.5) is 0 Å². The van der Waals surface area contributed by atoms with E-state index >= 15 is 0 Å². The first-order chi connectivity index (χ1) is 8.76. The number of ether oxygens (including phenoxy) is 2. The van der Waals surface area contributed by atoms with Gasteiger partial charge in [0.15, 0.2) is 0 Å². The highest BCUT2D eigenvalue weighted by molar-refractivity contribution is 4.86. The lowest BCUT2D eigenvalue weighted by Crippen LogP contribution is -2.45. The third-order valence-corrected chi connectivity index (χ3v) is 4.13. The summed E-state index contributed by atoms with van der Waals surface area (Å²) in [5.74, 6) is 0. The minimum Gasteiger partial charge on any atom is -0.383 e. The predicted molar refractivity (Wildman–Crippen MR) is 74.8 cm³/mol. The Labute approximate surface area is 112 Å². The smallest absolute Gasteiger partial charge is 0.0589 e. The lowest BCUT2D eigenvalue weighted by Gasteiger charge is -2.40. The molecule has 1 saturated carbocycles. The molecule has 0 aliphatic heterocycles. The second kappa shape index (κ2) is 8.86. The zero-order valence-corrected chi connectivity index (χ0v) is 12.1. The highest BCUT2D eigenvalue weighted by Crippen LogP contribution is 2.36. The van der Waals surface area contributed by atoms with Gasteiger partial charge in [0.2, 0.25) is 0 Å². The Kier molecular flexibility index (Phi) is 7.82. The van der Waals surface area contributed by atoms with Gasteiger partial charge in [0, 0.05) is 33.9 Å². The van der Waals surface area contributed by atoms with Crippen LogP contribution in [0, 0.1) is 5.41 Å². The number of hydrogen-bond donors (Lipinski definition) is 1. The Balaban J connectivity index is 2.49. The van der Waals surface area contributed by atoms with Crippen molar-refractivity contribution in [3.63, 3.8) is 0 Å². The number of nitrogens with zero attached hydrogens (tertiary/aromatic N) is 1. The predicted octanol–water partition coefficient (Wildman–Crippen LogP) is 1.49. The Morgan fingerprint density at radius 3 is 2.00 bits per heavy atom. The summed E-state index contributed by atoms with van der Waals surface area (Å²) >= 11 is 0. The molecule has 0 heterocycles. The maximum Gasteiger partial charge on any atom is 0.0589 e. The van der Waals surface area contributed by atoms with Crippen LogP contribution in [0.5, 0.6) is 0 Å². The zero-order valence-electron chi connectivity index (χ0n) is 12.1. The maximum absolute atomic E-state index is 6.05. The summed E-state index contributed by atoms with van der Waals surface area (Å²) in [4.78, 5) is 2.45. The molecule has 0 radical (unpaired) electrons. The maximum atomic E-state index is 6.05. The number of methoxy groups -OCH3 is 2. The summed E-state index contributed by atoms with van der Waals surface area (Å²) in [5, 5.41) is 0. The van der Waals surface area contributed by atoms with Crippen molar-refractivity contribution in [3.8, 4) is 0 Å². The van der Waals surface area contributed by atoms with E-state index in [1.807, 2.05) is 0 Å². The molecule has 0 atom stereocenters. The minimum absolute atomic E-state index is 0.333. The van der Waals surface area contributed by atoms with Crippen molar-refractivity contribution in [2.75, 3.05) is 53.6 Å². The van der Waals surface area contributed by atoms with Crippen molar-refractivity contribution < 1.29 is 9.47 Å². The van der Waals surface area contributed by atoms with Gasteiger partial charge in [0.25, 0.3) is 0 Å². The molecule has 108 valence electrons. The summed E-state index contributed by atoms with van der Waals surface area (Å²) < 4.78 is 10.4. The second-order valence-electron chi connectivity index (χ2n) is 5.53. The van der Waals surface area contributed by atoms with E-state index in [0.717, 1.165) is 39.4 Å². The molecule has 0 aromatic heterocycles. The minimum atomic E-state index is 0.333. The molecule has 0 unspecified atom stereocenters. The molecule has 4 nitrogen and oxygen atoms in total. The van der Waals surface area contributed by atoms with Crippen molar-refractivity contribution in [1.29, 1.82) is 0 Å². The first-order valence-electron chi connectivity index (χ1n) is 7.16. The van der Waals surface area contributed by atoms with Crippen LogP contribution >= 0.6 is 0 Å². The molecule has 0 amide bonds. The second-order valence-corrected chi connectivity index (χ2v) is 5.53. The highest BCUT2D eigenvalue weighted by atomic mass is 16.5. The fraction of sp³-hybridized carbons (Fsp3) is 1.00. The molecule has 1 rings (SSSR count). The molecule has 0 aromatic rings. The SMILES string of the molecule is COCCN(CCOC)CC1(CN)CCCCC1. The normalized spacial score (nSPS) is 19.3. The first-order valence-corrected chi connectivity index (χ1v) is 7.16. The van der Waals surface area contributed by atoms with Gasteiger partial charge in [-0.2, -0.15) is 0 Å². The molecule has 1 aliphatic carbocycles. The molecule has 1 aliphatic rings. The molecule has 0 aromatic carbocycles. The van der Waals surface area contributed by atoms with Crippen LogP contribution in [0.3, 0.4) is 0 Å². The fourth-order valence-corrected chi connectivity index (χ4v) is 2.91. The standard InChI is InChI=1S/C14H30N2O2/c1-17-10-8-16(9-11-18-2)13-14(12-15)6-4-3-5-7-14/h3-13,15H2,1-2H3. The average Bonchev–Trinajstić information content (AvgIpc) is 2.43. The highest BCUT2D eigenvalue weighted by Gasteiger charge is 2.32. The van der Waals surface area contributed by atoms with Gasteiger partial charge in [-0.05, 0) is 24.8 Å². The fourth-order valence-electron chi connectivity index (χ4n) is 2.91. The lowest BCUT2D eigenvalue weighted by molar-refractivity contribution is 0.0646.